The summed E-state index contributed by atoms with van der Waals surface area (Å²) in [5.41, 5.74) is 5.92. The first kappa shape index (κ1) is 9.80. The van der Waals surface area contributed by atoms with Gasteiger partial charge in [0.2, 0.25) is 0 Å². The van der Waals surface area contributed by atoms with Gasteiger partial charge in [-0.2, -0.15) is 0 Å². The Hall–Kier alpha value is -1.29. The van der Waals surface area contributed by atoms with Gasteiger partial charge in [-0.15, -0.1) is 0 Å². The summed E-state index contributed by atoms with van der Waals surface area (Å²) < 4.78 is 0. The van der Waals surface area contributed by atoms with E-state index in [0.29, 0.717) is 5.69 Å². The summed E-state index contributed by atoms with van der Waals surface area (Å²) in [6.45, 7) is 5.96. The second-order valence-corrected chi connectivity index (χ2v) is 3.06. The van der Waals surface area contributed by atoms with Crippen LogP contribution in [-0.2, 0) is 6.42 Å². The van der Waals surface area contributed by atoms with E-state index in [-0.39, 0.29) is 5.91 Å². The average Bonchev–Trinajstić information content (AvgIpc) is 2.42. The maximum Gasteiger partial charge on any atom is 0.281 e. The van der Waals surface area contributed by atoms with E-state index in [1.54, 1.807) is 0 Å². The second kappa shape index (κ2) is 3.62. The highest BCUT2D eigenvalue weighted by Crippen LogP contribution is 2.17. The summed E-state index contributed by atoms with van der Waals surface area (Å²) in [6, 6.07) is 0. The van der Waals surface area contributed by atoms with Crippen molar-refractivity contribution in [2.45, 2.75) is 27.2 Å². The van der Waals surface area contributed by atoms with E-state index in [1.165, 1.54) is 0 Å². The number of amides is 1. The summed E-state index contributed by atoms with van der Waals surface area (Å²) in [5, 5.41) is 0. The van der Waals surface area contributed by atoms with E-state index >= 15 is 0 Å². The molecule has 1 aromatic heterocycles. The van der Waals surface area contributed by atoms with Gasteiger partial charge in [-0.3, -0.25) is 10.2 Å². The number of nitrogens with two attached hydrogens (primary N) is 1. The van der Waals surface area contributed by atoms with Crippen LogP contribution in [0.4, 0.5) is 0 Å². The van der Waals surface area contributed by atoms with Gasteiger partial charge in [-0.05, 0) is 31.4 Å². The van der Waals surface area contributed by atoms with Crippen LogP contribution in [0, 0.1) is 13.8 Å². The maximum absolute atomic E-state index is 11.3. The molecule has 1 aromatic rings. The van der Waals surface area contributed by atoms with Gasteiger partial charge in [0.05, 0.1) is 0 Å². The third-order valence-corrected chi connectivity index (χ3v) is 2.34. The van der Waals surface area contributed by atoms with Gasteiger partial charge in [0.15, 0.2) is 0 Å². The zero-order chi connectivity index (χ0) is 10.0. The van der Waals surface area contributed by atoms with Crippen LogP contribution in [0.15, 0.2) is 0 Å². The predicted molar refractivity (Wildman–Crippen MR) is 51.3 cm³/mol. The van der Waals surface area contributed by atoms with Gasteiger partial charge >= 0.3 is 0 Å². The zero-order valence-corrected chi connectivity index (χ0v) is 8.19. The molecule has 0 aliphatic carbocycles. The highest BCUT2D eigenvalue weighted by atomic mass is 16.2. The van der Waals surface area contributed by atoms with Crippen LogP contribution in [-0.4, -0.2) is 10.9 Å². The number of aryl methyl sites for hydroxylation is 1. The third-order valence-electron chi connectivity index (χ3n) is 2.34. The molecule has 0 spiro atoms. The first-order valence-electron chi connectivity index (χ1n) is 4.30. The molecule has 72 valence electrons. The molecule has 0 aliphatic rings. The molecule has 13 heavy (non-hydrogen) atoms. The Morgan fingerprint density at radius 1 is 1.54 bits per heavy atom. The minimum atomic E-state index is -0.256. The van der Waals surface area contributed by atoms with Crippen molar-refractivity contribution < 1.29 is 4.79 Å². The van der Waals surface area contributed by atoms with Gasteiger partial charge in [0.25, 0.3) is 5.91 Å². The lowest BCUT2D eigenvalue weighted by molar-refractivity contribution is 0.0948. The predicted octanol–water partition coefficient (Wildman–Crippen LogP) is 0.797. The fourth-order valence-corrected chi connectivity index (χ4v) is 1.48. The number of nitrogens with one attached hydrogen (secondary N) is 2. The Balaban J connectivity index is 3.21. The molecule has 0 radical (unpaired) electrons. The first-order chi connectivity index (χ1) is 6.11. The molecule has 0 atom stereocenters. The average molecular weight is 181 g/mol. The molecule has 0 aromatic carbocycles. The normalized spacial score (nSPS) is 10.2. The van der Waals surface area contributed by atoms with Gasteiger partial charge in [0.1, 0.15) is 5.69 Å². The molecule has 0 saturated carbocycles. The molecule has 0 saturated heterocycles. The van der Waals surface area contributed by atoms with Gasteiger partial charge < -0.3 is 4.98 Å². The van der Waals surface area contributed by atoms with Crippen LogP contribution < -0.4 is 11.3 Å². The molecule has 1 heterocycles. The molecule has 0 unspecified atom stereocenters. The number of H-pyrrole nitrogens is 1. The van der Waals surface area contributed by atoms with E-state index in [2.05, 4.69) is 10.4 Å². The molecule has 0 fully saturated rings. The van der Waals surface area contributed by atoms with Crippen molar-refractivity contribution in [1.29, 1.82) is 0 Å². The van der Waals surface area contributed by atoms with Gasteiger partial charge in [0, 0.05) is 5.69 Å². The number of hydrazine groups is 1. The fraction of sp³-hybridized carbons (Fsp3) is 0.444. The number of hydrogen-bond acceptors (Lipinski definition) is 2. The number of carbonyl (C=O) groups excluding carboxylic acids is 1. The quantitative estimate of drug-likeness (QED) is 0.359. The lowest BCUT2D eigenvalue weighted by Gasteiger charge is -2.00. The van der Waals surface area contributed by atoms with Crippen LogP contribution in [0.5, 0.6) is 0 Å². The largest absolute Gasteiger partial charge is 0.354 e. The highest BCUT2D eigenvalue weighted by molar-refractivity contribution is 5.94. The summed E-state index contributed by atoms with van der Waals surface area (Å²) in [5.74, 6) is 4.81. The molecular weight excluding hydrogens is 166 g/mol. The first-order valence-corrected chi connectivity index (χ1v) is 4.30. The summed E-state index contributed by atoms with van der Waals surface area (Å²) in [7, 11) is 0. The molecule has 0 bridgehead atoms. The van der Waals surface area contributed by atoms with Crippen LogP contribution >= 0.6 is 0 Å². The molecular formula is C9H15N3O. The monoisotopic (exact) mass is 181 g/mol. The van der Waals surface area contributed by atoms with Gasteiger partial charge in [-0.25, -0.2) is 5.84 Å². The topological polar surface area (TPSA) is 70.9 Å². The third kappa shape index (κ3) is 1.58. The molecule has 1 rings (SSSR count). The van der Waals surface area contributed by atoms with Crippen molar-refractivity contribution in [3.05, 3.63) is 22.5 Å². The summed E-state index contributed by atoms with van der Waals surface area (Å²) in [6.07, 6.45) is 0.832. The van der Waals surface area contributed by atoms with Crippen LogP contribution in [0.1, 0.15) is 34.2 Å². The van der Waals surface area contributed by atoms with Crippen LogP contribution in [0.25, 0.3) is 0 Å². The zero-order valence-electron chi connectivity index (χ0n) is 8.19. The minimum Gasteiger partial charge on any atom is -0.354 e. The van der Waals surface area contributed by atoms with Crippen molar-refractivity contribution >= 4 is 5.91 Å². The molecule has 0 aliphatic heterocycles. The van der Waals surface area contributed by atoms with Crippen molar-refractivity contribution in [2.75, 3.05) is 0 Å². The number of carbonyl (C=O) groups is 1. The lowest BCUT2D eigenvalue weighted by Crippen LogP contribution is -2.31. The second-order valence-electron chi connectivity index (χ2n) is 3.06. The summed E-state index contributed by atoms with van der Waals surface area (Å²) in [4.78, 5) is 14.3. The Morgan fingerprint density at radius 2 is 2.15 bits per heavy atom. The maximum atomic E-state index is 11.3. The highest BCUT2D eigenvalue weighted by Gasteiger charge is 2.15. The van der Waals surface area contributed by atoms with E-state index < -0.39 is 0 Å². The number of nitrogen functional groups attached to an aromatic ring is 1. The van der Waals surface area contributed by atoms with E-state index in [9.17, 15) is 4.79 Å². The number of aromatic nitrogens is 1. The van der Waals surface area contributed by atoms with Gasteiger partial charge in [-0.1, -0.05) is 6.92 Å². The molecule has 4 N–H and O–H groups in total. The minimum absolute atomic E-state index is 0.256. The molecule has 4 heteroatoms. The molecule has 4 nitrogen and oxygen atoms in total. The van der Waals surface area contributed by atoms with Crippen LogP contribution in [0.2, 0.25) is 0 Å². The Bertz CT molecular complexity index is 328. The van der Waals surface area contributed by atoms with E-state index in [0.717, 1.165) is 23.2 Å². The van der Waals surface area contributed by atoms with E-state index in [4.69, 9.17) is 5.84 Å². The van der Waals surface area contributed by atoms with Crippen molar-refractivity contribution in [1.82, 2.24) is 10.4 Å². The Morgan fingerprint density at radius 3 is 2.62 bits per heavy atom. The van der Waals surface area contributed by atoms with Crippen molar-refractivity contribution in [3.8, 4) is 0 Å². The number of hydrogen-bond donors (Lipinski definition) is 3. The van der Waals surface area contributed by atoms with Crippen molar-refractivity contribution in [3.63, 3.8) is 0 Å². The molecule has 1 amide bonds. The van der Waals surface area contributed by atoms with Crippen molar-refractivity contribution in [2.24, 2.45) is 5.84 Å². The number of rotatable bonds is 2. The standard InChI is InChI=1S/C9H15N3O/c1-4-7-5(2)6(3)11-8(7)9(13)12-10/h11H,4,10H2,1-3H3,(H,12,13). The number of aromatic amines is 1. The van der Waals surface area contributed by atoms with Crippen LogP contribution in [0.3, 0.4) is 0 Å². The van der Waals surface area contributed by atoms with E-state index in [1.807, 2.05) is 20.8 Å². The smallest absolute Gasteiger partial charge is 0.281 e. The lowest BCUT2D eigenvalue weighted by atomic mass is 10.1. The Labute approximate surface area is 77.5 Å². The Kier molecular flexibility index (Phi) is 2.72. The summed E-state index contributed by atoms with van der Waals surface area (Å²) >= 11 is 0. The fourth-order valence-electron chi connectivity index (χ4n) is 1.48. The SMILES string of the molecule is CCc1c(C(=O)NN)[nH]c(C)c1C.